The van der Waals surface area contributed by atoms with Gasteiger partial charge in [-0.25, -0.2) is 0 Å². The van der Waals surface area contributed by atoms with Gasteiger partial charge >= 0.3 is 6.18 Å². The maximum atomic E-state index is 14.0. The Hall–Kier alpha value is -2.28. The van der Waals surface area contributed by atoms with E-state index < -0.39 is 17.1 Å². The quantitative estimate of drug-likeness (QED) is 0.596. The molecule has 2 atom stereocenters. The normalized spacial score (nSPS) is 31.0. The molecule has 4 aliphatic rings. The summed E-state index contributed by atoms with van der Waals surface area (Å²) in [5.41, 5.74) is 0.00556. The largest absolute Gasteiger partial charge is 0.493 e. The molecule has 4 saturated carbocycles. The summed E-state index contributed by atoms with van der Waals surface area (Å²) in [5, 5.41) is 3.57. The first-order valence-electron chi connectivity index (χ1n) is 11.3. The van der Waals surface area contributed by atoms with Crippen molar-refractivity contribution in [2.75, 3.05) is 7.11 Å². The molecule has 6 rings (SSSR count). The van der Waals surface area contributed by atoms with Crippen LogP contribution in [0.5, 0.6) is 11.5 Å². The third kappa shape index (κ3) is 3.96. The van der Waals surface area contributed by atoms with E-state index >= 15 is 0 Å². The first-order chi connectivity index (χ1) is 15.3. The minimum atomic E-state index is -4.12. The Kier molecular flexibility index (Phi) is 5.35. The Morgan fingerprint density at radius 2 is 1.84 bits per heavy atom. The fraction of sp³-hybridized carbons (Fsp3) is 0.560. The second-order valence-corrected chi connectivity index (χ2v) is 10.0. The Balaban J connectivity index is 1.30. The number of aromatic nitrogens is 1. The van der Waals surface area contributed by atoms with Gasteiger partial charge in [-0.3, -0.25) is 4.98 Å². The summed E-state index contributed by atoms with van der Waals surface area (Å²) in [4.78, 5) is 4.10. The van der Waals surface area contributed by atoms with Gasteiger partial charge in [-0.1, -0.05) is 12.1 Å². The van der Waals surface area contributed by atoms with Crippen molar-refractivity contribution in [3.8, 4) is 11.5 Å². The number of hydrogen-bond acceptors (Lipinski definition) is 4. The molecule has 4 bridgehead atoms. The van der Waals surface area contributed by atoms with E-state index in [2.05, 4.69) is 10.3 Å². The number of benzene rings is 1. The first-order valence-corrected chi connectivity index (χ1v) is 11.3. The Bertz CT molecular complexity index is 949. The monoisotopic (exact) mass is 446 g/mol. The lowest BCUT2D eigenvalue weighted by atomic mass is 9.46. The molecule has 0 radical (unpaired) electrons. The molecule has 0 aliphatic heterocycles. The number of halogens is 3. The van der Waals surface area contributed by atoms with E-state index in [1.54, 1.807) is 19.5 Å². The molecule has 4 fully saturated rings. The van der Waals surface area contributed by atoms with Gasteiger partial charge in [-0.05, 0) is 74.1 Å². The molecule has 4 aliphatic carbocycles. The van der Waals surface area contributed by atoms with E-state index in [-0.39, 0.29) is 18.3 Å². The fourth-order valence-corrected chi connectivity index (χ4v) is 6.68. The molecule has 1 aromatic heterocycles. The number of hydrogen-bond donors (Lipinski definition) is 1. The van der Waals surface area contributed by atoms with Crippen LogP contribution in [-0.2, 0) is 13.2 Å². The van der Waals surface area contributed by atoms with Crippen LogP contribution in [0.4, 0.5) is 13.2 Å². The number of nitrogens with zero attached hydrogens (tertiary/aromatic N) is 1. The molecule has 0 saturated heterocycles. The smallest absolute Gasteiger partial charge is 0.394 e. The molecule has 2 unspecified atom stereocenters. The number of rotatable bonds is 7. The second kappa shape index (κ2) is 7.94. The van der Waals surface area contributed by atoms with Crippen LogP contribution in [0.3, 0.4) is 0 Å². The van der Waals surface area contributed by atoms with Crippen LogP contribution < -0.4 is 14.8 Å². The molecule has 1 heterocycles. The number of methoxy groups -OCH3 is 1. The number of nitrogens with one attached hydrogen (secondary N) is 1. The summed E-state index contributed by atoms with van der Waals surface area (Å²) in [6.07, 6.45) is 2.82. The molecule has 1 N–H and O–H groups in total. The maximum absolute atomic E-state index is 14.0. The lowest BCUT2D eigenvalue weighted by Gasteiger charge is -2.62. The summed E-state index contributed by atoms with van der Waals surface area (Å²) in [5.74, 6) is 1.61. The van der Waals surface area contributed by atoms with Crippen molar-refractivity contribution in [3.05, 3.63) is 53.9 Å². The number of pyridine rings is 1. The summed E-state index contributed by atoms with van der Waals surface area (Å²) in [7, 11) is 1.59. The number of ether oxygens (including phenoxy) is 2. The predicted molar refractivity (Wildman–Crippen MR) is 114 cm³/mol. The van der Waals surface area contributed by atoms with Gasteiger partial charge in [0.15, 0.2) is 11.5 Å². The average molecular weight is 447 g/mol. The molecule has 4 nitrogen and oxygen atoms in total. The van der Waals surface area contributed by atoms with Gasteiger partial charge in [0.25, 0.3) is 0 Å². The molecular weight excluding hydrogens is 417 g/mol. The third-order valence-corrected chi connectivity index (χ3v) is 7.68. The van der Waals surface area contributed by atoms with Gasteiger partial charge in [-0.2, -0.15) is 13.2 Å². The van der Waals surface area contributed by atoms with Crippen LogP contribution in [-0.4, -0.2) is 23.8 Å². The van der Waals surface area contributed by atoms with Crippen LogP contribution in [0.25, 0.3) is 0 Å². The molecular formula is C25H29F3N2O2. The van der Waals surface area contributed by atoms with E-state index in [0.717, 1.165) is 30.4 Å². The lowest BCUT2D eigenvalue weighted by Crippen LogP contribution is -2.65. The zero-order chi connectivity index (χ0) is 22.4. The molecule has 0 amide bonds. The first kappa shape index (κ1) is 21.6. The van der Waals surface area contributed by atoms with E-state index in [1.807, 2.05) is 30.3 Å². The van der Waals surface area contributed by atoms with E-state index in [1.165, 1.54) is 0 Å². The van der Waals surface area contributed by atoms with Crippen LogP contribution in [0.1, 0.15) is 49.7 Å². The average Bonchev–Trinajstić information content (AvgIpc) is 2.75. The Morgan fingerprint density at radius 3 is 2.50 bits per heavy atom. The topological polar surface area (TPSA) is 43.4 Å². The van der Waals surface area contributed by atoms with Crippen molar-refractivity contribution in [2.45, 2.75) is 63.4 Å². The van der Waals surface area contributed by atoms with Gasteiger partial charge in [0.05, 0.1) is 12.5 Å². The summed E-state index contributed by atoms with van der Waals surface area (Å²) in [6, 6.07) is 9.52. The Morgan fingerprint density at radius 1 is 1.06 bits per heavy atom. The maximum Gasteiger partial charge on any atom is 0.394 e. The summed E-state index contributed by atoms with van der Waals surface area (Å²) < 4.78 is 53.5. The molecule has 7 heteroatoms. The van der Waals surface area contributed by atoms with Crippen molar-refractivity contribution in [3.63, 3.8) is 0 Å². The fourth-order valence-electron chi connectivity index (χ4n) is 6.68. The minimum Gasteiger partial charge on any atom is -0.493 e. The Labute approximate surface area is 186 Å². The van der Waals surface area contributed by atoms with Crippen molar-refractivity contribution in [1.82, 2.24) is 10.3 Å². The lowest BCUT2D eigenvalue weighted by molar-refractivity contribution is -0.278. The highest BCUT2D eigenvalue weighted by atomic mass is 19.4. The van der Waals surface area contributed by atoms with Gasteiger partial charge in [-0.15, -0.1) is 0 Å². The van der Waals surface area contributed by atoms with Crippen LogP contribution in [0.2, 0.25) is 0 Å². The van der Waals surface area contributed by atoms with Gasteiger partial charge in [0.2, 0.25) is 0 Å². The van der Waals surface area contributed by atoms with E-state index in [9.17, 15) is 13.2 Å². The van der Waals surface area contributed by atoms with Gasteiger partial charge < -0.3 is 14.8 Å². The van der Waals surface area contributed by atoms with Crippen LogP contribution >= 0.6 is 0 Å². The standard InChI is InChI=1S/C25H29F3N2O2/c1-31-21-5-4-17(8-22(21)32-15-18-3-2-6-29-13-18)14-30-24-11-19-7-20(12-24)10-23(9-19,16-24)25(26,27)28/h2-6,8,13,19-20,30H,7,9-12,14-16H2,1H3. The van der Waals surface area contributed by atoms with Crippen LogP contribution in [0.15, 0.2) is 42.7 Å². The second-order valence-electron chi connectivity index (χ2n) is 10.0. The summed E-state index contributed by atoms with van der Waals surface area (Å²) >= 11 is 0. The van der Waals surface area contributed by atoms with Crippen molar-refractivity contribution in [1.29, 1.82) is 0 Å². The molecule has 2 aromatic rings. The number of alkyl halides is 3. The van der Waals surface area contributed by atoms with E-state index in [4.69, 9.17) is 9.47 Å². The van der Waals surface area contributed by atoms with Crippen molar-refractivity contribution in [2.24, 2.45) is 17.3 Å². The molecule has 1 aromatic carbocycles. The zero-order valence-corrected chi connectivity index (χ0v) is 18.3. The molecule has 32 heavy (non-hydrogen) atoms. The van der Waals surface area contributed by atoms with Crippen LogP contribution in [0, 0.1) is 17.3 Å². The molecule has 0 spiro atoms. The highest BCUT2D eigenvalue weighted by molar-refractivity contribution is 5.43. The highest BCUT2D eigenvalue weighted by Crippen LogP contribution is 2.66. The van der Waals surface area contributed by atoms with Crippen molar-refractivity contribution >= 4 is 0 Å². The third-order valence-electron chi connectivity index (χ3n) is 7.68. The predicted octanol–water partition coefficient (Wildman–Crippen LogP) is 5.66. The minimum absolute atomic E-state index is 0.180. The summed E-state index contributed by atoms with van der Waals surface area (Å²) in [6.45, 7) is 0.878. The zero-order valence-electron chi connectivity index (χ0n) is 18.3. The van der Waals surface area contributed by atoms with Gasteiger partial charge in [0.1, 0.15) is 6.61 Å². The van der Waals surface area contributed by atoms with Gasteiger partial charge in [0, 0.05) is 30.0 Å². The SMILES string of the molecule is COc1ccc(CNC23CC4CC(C2)CC(C(F)(F)F)(C4)C3)cc1OCc1cccnc1. The molecule has 172 valence electrons. The van der Waals surface area contributed by atoms with E-state index in [0.29, 0.717) is 37.5 Å². The highest BCUT2D eigenvalue weighted by Gasteiger charge is 2.67. The van der Waals surface area contributed by atoms with Crippen molar-refractivity contribution < 1.29 is 22.6 Å².